The van der Waals surface area contributed by atoms with Gasteiger partial charge in [-0.3, -0.25) is 0 Å². The molecule has 1 aliphatic rings. The standard InChI is InChI=1S/C21H29N5O2/c1-25-11-13-26(14-12-25)20-8-5-18(15-23-20)16-24-21(27)22-10-9-17-3-6-19(28-2)7-4-17/h3-8,15H,9-14,16H2,1-2H3,(H2,22,24,27). The van der Waals surface area contributed by atoms with Crippen LogP contribution in [0.3, 0.4) is 0 Å². The van der Waals surface area contributed by atoms with Gasteiger partial charge in [0.2, 0.25) is 0 Å². The molecule has 1 aliphatic heterocycles. The summed E-state index contributed by atoms with van der Waals surface area (Å²) >= 11 is 0. The third kappa shape index (κ3) is 5.85. The highest BCUT2D eigenvalue weighted by Crippen LogP contribution is 2.13. The van der Waals surface area contributed by atoms with Crippen LogP contribution in [0.1, 0.15) is 11.1 Å². The normalized spacial score (nSPS) is 14.6. The van der Waals surface area contributed by atoms with Crippen LogP contribution >= 0.6 is 0 Å². The number of carbonyl (C=O) groups is 1. The molecule has 7 heteroatoms. The number of ether oxygens (including phenoxy) is 1. The number of hydrogen-bond donors (Lipinski definition) is 2. The van der Waals surface area contributed by atoms with E-state index in [1.807, 2.05) is 42.6 Å². The number of hydrogen-bond acceptors (Lipinski definition) is 5. The molecule has 150 valence electrons. The van der Waals surface area contributed by atoms with Gasteiger partial charge in [-0.15, -0.1) is 0 Å². The van der Waals surface area contributed by atoms with E-state index >= 15 is 0 Å². The summed E-state index contributed by atoms with van der Waals surface area (Å²) in [6.45, 7) is 5.15. The van der Waals surface area contributed by atoms with Crippen LogP contribution in [0.5, 0.6) is 5.75 Å². The molecule has 0 spiro atoms. The van der Waals surface area contributed by atoms with Crippen molar-refractivity contribution in [1.29, 1.82) is 0 Å². The second-order valence-electron chi connectivity index (χ2n) is 7.02. The number of aromatic nitrogens is 1. The molecule has 0 atom stereocenters. The number of rotatable bonds is 7. The van der Waals surface area contributed by atoms with Gasteiger partial charge in [-0.2, -0.15) is 0 Å². The van der Waals surface area contributed by atoms with Gasteiger partial charge >= 0.3 is 6.03 Å². The number of carbonyl (C=O) groups excluding carboxylic acids is 1. The predicted octanol–water partition coefficient (Wildman–Crippen LogP) is 1.88. The summed E-state index contributed by atoms with van der Waals surface area (Å²) in [6.07, 6.45) is 2.62. The lowest BCUT2D eigenvalue weighted by molar-refractivity contribution is 0.240. The fourth-order valence-corrected chi connectivity index (χ4v) is 3.10. The van der Waals surface area contributed by atoms with E-state index in [0.717, 1.165) is 55.3 Å². The van der Waals surface area contributed by atoms with E-state index in [0.29, 0.717) is 13.1 Å². The van der Waals surface area contributed by atoms with Gasteiger partial charge in [0.15, 0.2) is 0 Å². The lowest BCUT2D eigenvalue weighted by atomic mass is 10.1. The van der Waals surface area contributed by atoms with Gasteiger partial charge in [0, 0.05) is 45.5 Å². The summed E-state index contributed by atoms with van der Waals surface area (Å²) in [7, 11) is 3.79. The first-order valence-corrected chi connectivity index (χ1v) is 9.67. The molecule has 0 saturated carbocycles. The summed E-state index contributed by atoms with van der Waals surface area (Å²) in [4.78, 5) is 21.1. The molecule has 0 radical (unpaired) electrons. The van der Waals surface area contributed by atoms with Crippen LogP contribution in [0, 0.1) is 0 Å². The van der Waals surface area contributed by atoms with Gasteiger partial charge in [-0.05, 0) is 42.8 Å². The molecule has 7 nitrogen and oxygen atoms in total. The second-order valence-corrected chi connectivity index (χ2v) is 7.02. The van der Waals surface area contributed by atoms with Crippen molar-refractivity contribution in [3.8, 4) is 5.75 Å². The molecule has 3 rings (SSSR count). The quantitative estimate of drug-likeness (QED) is 0.764. The lowest BCUT2D eigenvalue weighted by Crippen LogP contribution is -2.44. The third-order valence-corrected chi connectivity index (χ3v) is 4.95. The zero-order valence-electron chi connectivity index (χ0n) is 16.6. The van der Waals surface area contributed by atoms with Crippen molar-refractivity contribution < 1.29 is 9.53 Å². The van der Waals surface area contributed by atoms with Crippen LogP contribution in [0.25, 0.3) is 0 Å². The fraction of sp³-hybridized carbons (Fsp3) is 0.429. The smallest absolute Gasteiger partial charge is 0.315 e. The van der Waals surface area contributed by atoms with E-state index in [2.05, 4.69) is 32.5 Å². The Morgan fingerprint density at radius 3 is 2.39 bits per heavy atom. The van der Waals surface area contributed by atoms with E-state index in [1.54, 1.807) is 7.11 Å². The SMILES string of the molecule is COc1ccc(CCNC(=O)NCc2ccc(N3CCN(C)CC3)nc2)cc1. The largest absolute Gasteiger partial charge is 0.497 e. The number of nitrogens with one attached hydrogen (secondary N) is 2. The molecule has 2 aromatic rings. The Morgan fingerprint density at radius 2 is 1.75 bits per heavy atom. The summed E-state index contributed by atoms with van der Waals surface area (Å²) in [6, 6.07) is 11.7. The van der Waals surface area contributed by atoms with Crippen LogP contribution in [-0.2, 0) is 13.0 Å². The number of anilines is 1. The highest BCUT2D eigenvalue weighted by atomic mass is 16.5. The molecule has 2 N–H and O–H groups in total. The molecular formula is C21H29N5O2. The Bertz CT molecular complexity index is 740. The highest BCUT2D eigenvalue weighted by Gasteiger charge is 2.14. The van der Waals surface area contributed by atoms with Crippen LogP contribution < -0.4 is 20.3 Å². The summed E-state index contributed by atoms with van der Waals surface area (Å²) in [5.74, 6) is 1.84. The zero-order valence-corrected chi connectivity index (χ0v) is 16.6. The summed E-state index contributed by atoms with van der Waals surface area (Å²) in [5, 5.41) is 5.76. The van der Waals surface area contributed by atoms with Crippen molar-refractivity contribution in [2.45, 2.75) is 13.0 Å². The first-order chi connectivity index (χ1) is 13.6. The van der Waals surface area contributed by atoms with E-state index in [4.69, 9.17) is 4.74 Å². The third-order valence-electron chi connectivity index (χ3n) is 4.95. The first kappa shape index (κ1) is 19.9. The number of pyridine rings is 1. The molecule has 0 aliphatic carbocycles. The van der Waals surface area contributed by atoms with Crippen molar-refractivity contribution in [3.63, 3.8) is 0 Å². The van der Waals surface area contributed by atoms with Crippen LogP contribution in [0.4, 0.5) is 10.6 Å². The molecular weight excluding hydrogens is 354 g/mol. The zero-order chi connectivity index (χ0) is 19.8. The Balaban J connectivity index is 1.37. The Hall–Kier alpha value is -2.80. The lowest BCUT2D eigenvalue weighted by Gasteiger charge is -2.33. The molecule has 0 unspecified atom stereocenters. The number of nitrogens with zero attached hydrogens (tertiary/aromatic N) is 3. The minimum absolute atomic E-state index is 0.170. The van der Waals surface area contributed by atoms with Crippen molar-refractivity contribution in [2.75, 3.05) is 51.8 Å². The van der Waals surface area contributed by atoms with Crippen molar-refractivity contribution in [2.24, 2.45) is 0 Å². The van der Waals surface area contributed by atoms with Crippen LogP contribution in [0.2, 0.25) is 0 Å². The van der Waals surface area contributed by atoms with E-state index in [9.17, 15) is 4.79 Å². The van der Waals surface area contributed by atoms with Crippen LogP contribution in [0.15, 0.2) is 42.6 Å². The number of likely N-dealkylation sites (N-methyl/N-ethyl adjacent to an activating group) is 1. The molecule has 1 aromatic carbocycles. The number of piperazine rings is 1. The molecule has 28 heavy (non-hydrogen) atoms. The molecule has 1 saturated heterocycles. The average molecular weight is 383 g/mol. The van der Waals surface area contributed by atoms with Crippen molar-refractivity contribution >= 4 is 11.8 Å². The number of urea groups is 1. The molecule has 1 aromatic heterocycles. The Kier molecular flexibility index (Phi) is 7.08. The highest BCUT2D eigenvalue weighted by molar-refractivity contribution is 5.73. The topological polar surface area (TPSA) is 69.7 Å². The maximum atomic E-state index is 12.0. The number of benzene rings is 1. The van der Waals surface area contributed by atoms with Crippen molar-refractivity contribution in [3.05, 3.63) is 53.7 Å². The average Bonchev–Trinajstić information content (AvgIpc) is 2.74. The molecule has 0 bridgehead atoms. The van der Waals surface area contributed by atoms with Gasteiger partial charge in [0.05, 0.1) is 7.11 Å². The molecule has 2 amide bonds. The first-order valence-electron chi connectivity index (χ1n) is 9.67. The maximum Gasteiger partial charge on any atom is 0.315 e. The Labute approximate surface area is 166 Å². The van der Waals surface area contributed by atoms with Gasteiger partial charge in [0.1, 0.15) is 11.6 Å². The maximum absolute atomic E-state index is 12.0. The predicted molar refractivity (Wildman–Crippen MR) is 111 cm³/mol. The summed E-state index contributed by atoms with van der Waals surface area (Å²) < 4.78 is 5.14. The van der Waals surface area contributed by atoms with Gasteiger partial charge < -0.3 is 25.2 Å². The van der Waals surface area contributed by atoms with Gasteiger partial charge in [0.25, 0.3) is 0 Å². The second kappa shape index (κ2) is 9.94. The number of methoxy groups -OCH3 is 1. The van der Waals surface area contributed by atoms with Gasteiger partial charge in [-0.25, -0.2) is 9.78 Å². The number of amides is 2. The van der Waals surface area contributed by atoms with Gasteiger partial charge in [-0.1, -0.05) is 18.2 Å². The van der Waals surface area contributed by atoms with E-state index in [-0.39, 0.29) is 6.03 Å². The minimum atomic E-state index is -0.170. The Morgan fingerprint density at radius 1 is 1.04 bits per heavy atom. The molecule has 2 heterocycles. The summed E-state index contributed by atoms with van der Waals surface area (Å²) in [5.41, 5.74) is 2.15. The van der Waals surface area contributed by atoms with E-state index < -0.39 is 0 Å². The fourth-order valence-electron chi connectivity index (χ4n) is 3.10. The minimum Gasteiger partial charge on any atom is -0.497 e. The van der Waals surface area contributed by atoms with Crippen molar-refractivity contribution in [1.82, 2.24) is 20.5 Å². The molecule has 1 fully saturated rings. The monoisotopic (exact) mass is 383 g/mol. The van der Waals surface area contributed by atoms with Crippen LogP contribution in [-0.4, -0.2) is 62.8 Å². The van der Waals surface area contributed by atoms with E-state index in [1.165, 1.54) is 0 Å².